The molecule has 0 aromatic heterocycles. The minimum absolute atomic E-state index is 0.111. The summed E-state index contributed by atoms with van der Waals surface area (Å²) < 4.78 is 20.1. The van der Waals surface area contributed by atoms with Gasteiger partial charge in [-0.05, 0) is 51.0 Å². The number of hydrogen-bond acceptors (Lipinski definition) is 4. The van der Waals surface area contributed by atoms with E-state index in [-0.39, 0.29) is 18.3 Å². The highest BCUT2D eigenvalue weighted by molar-refractivity contribution is 9.10. The van der Waals surface area contributed by atoms with Gasteiger partial charge in [0, 0.05) is 6.42 Å². The van der Waals surface area contributed by atoms with E-state index in [1.807, 2.05) is 0 Å². The quantitative estimate of drug-likeness (QED) is 0.159. The average Bonchev–Trinajstić information content (AvgIpc) is 3.12. The Kier molecular flexibility index (Phi) is 8.74. The molecule has 1 fully saturated rings. The van der Waals surface area contributed by atoms with Crippen LogP contribution in [0.25, 0.3) is 0 Å². The van der Waals surface area contributed by atoms with E-state index in [2.05, 4.69) is 111 Å². The van der Waals surface area contributed by atoms with Crippen molar-refractivity contribution >= 4 is 32.6 Å². The molecule has 0 amide bonds. The van der Waals surface area contributed by atoms with Crippen LogP contribution in [-0.4, -0.2) is 50.5 Å². The first-order chi connectivity index (χ1) is 16.1. The molecule has 0 radical (unpaired) electrons. The first-order valence-corrected chi connectivity index (χ1v) is 19.0. The van der Waals surface area contributed by atoms with E-state index in [0.29, 0.717) is 39.7 Å². The molecule has 3 aliphatic rings. The maximum atomic E-state index is 11.7. The van der Waals surface area contributed by atoms with Crippen LogP contribution in [0.1, 0.15) is 89.5 Å². The molecule has 0 aromatic carbocycles. The van der Waals surface area contributed by atoms with Crippen molar-refractivity contribution in [1.29, 1.82) is 0 Å². The van der Waals surface area contributed by atoms with Crippen molar-refractivity contribution < 1.29 is 18.7 Å². The van der Waals surface area contributed by atoms with Gasteiger partial charge in [0.25, 0.3) is 8.32 Å². The van der Waals surface area contributed by atoms with Gasteiger partial charge in [0.1, 0.15) is 16.2 Å². The Bertz CT molecular complexity index is 791. The summed E-state index contributed by atoms with van der Waals surface area (Å²) in [6, 6.07) is 0. The highest BCUT2D eigenvalue weighted by Gasteiger charge is 2.63. The molecule has 4 nitrogen and oxygen atoms in total. The van der Waals surface area contributed by atoms with E-state index in [0.717, 1.165) is 5.76 Å². The number of ether oxygens (including phenoxy) is 1. The van der Waals surface area contributed by atoms with Crippen molar-refractivity contribution in [2.75, 3.05) is 0 Å². The van der Waals surface area contributed by atoms with Gasteiger partial charge in [-0.15, -0.1) is 0 Å². The molecule has 7 heteroatoms. The highest BCUT2D eigenvalue weighted by atomic mass is 79.9. The number of hydrogen-bond donors (Lipinski definition) is 1. The summed E-state index contributed by atoms with van der Waals surface area (Å²) in [5.41, 5.74) is 4.03. The highest BCUT2D eigenvalue weighted by Crippen LogP contribution is 2.57. The van der Waals surface area contributed by atoms with Crippen molar-refractivity contribution in [1.82, 2.24) is 0 Å². The van der Waals surface area contributed by atoms with Crippen molar-refractivity contribution in [3.8, 4) is 0 Å². The van der Waals surface area contributed by atoms with E-state index in [9.17, 15) is 5.11 Å². The van der Waals surface area contributed by atoms with Gasteiger partial charge in [0.2, 0.25) is 8.32 Å². The molecule has 3 rings (SSSR count). The van der Waals surface area contributed by atoms with Crippen LogP contribution in [0.3, 0.4) is 0 Å². The lowest BCUT2D eigenvalue weighted by molar-refractivity contribution is -0.0465. The molecular weight excluding hydrogens is 536 g/mol. The molecule has 2 heterocycles. The Labute approximate surface area is 225 Å². The fourth-order valence-electron chi connectivity index (χ4n) is 7.94. The third kappa shape index (κ3) is 4.52. The van der Waals surface area contributed by atoms with Crippen molar-refractivity contribution in [2.45, 2.75) is 151 Å². The minimum atomic E-state index is -2.19. The first kappa shape index (κ1) is 29.6. The molecule has 5 atom stereocenters. The summed E-state index contributed by atoms with van der Waals surface area (Å²) in [6.45, 7) is 27.8. The zero-order chi connectivity index (χ0) is 26.7. The third-order valence-electron chi connectivity index (χ3n) is 9.37. The van der Waals surface area contributed by atoms with Crippen LogP contribution in [0.2, 0.25) is 33.2 Å². The Morgan fingerprint density at radius 1 is 0.829 bits per heavy atom. The fourth-order valence-corrected chi connectivity index (χ4v) is 19.7. The van der Waals surface area contributed by atoms with E-state index in [1.165, 1.54) is 5.57 Å². The van der Waals surface area contributed by atoms with Crippen LogP contribution in [0.15, 0.2) is 23.5 Å². The van der Waals surface area contributed by atoms with Gasteiger partial charge < -0.3 is 18.7 Å². The molecule has 2 aliphatic heterocycles. The van der Waals surface area contributed by atoms with Crippen LogP contribution < -0.4 is 0 Å². The number of halogens is 1. The Balaban J connectivity index is 2.00. The molecule has 0 unspecified atom stereocenters. The van der Waals surface area contributed by atoms with Crippen LogP contribution >= 0.6 is 15.9 Å². The van der Waals surface area contributed by atoms with Crippen LogP contribution in [-0.2, 0) is 13.6 Å². The van der Waals surface area contributed by atoms with Gasteiger partial charge in [-0.1, -0.05) is 99.0 Å². The van der Waals surface area contributed by atoms with E-state index in [4.69, 9.17) is 13.6 Å². The maximum absolute atomic E-state index is 11.7. The molecule has 2 bridgehead atoms. The topological polar surface area (TPSA) is 47.9 Å². The molecule has 0 aromatic rings. The molecule has 1 aliphatic carbocycles. The Morgan fingerprint density at radius 2 is 1.29 bits per heavy atom. The summed E-state index contributed by atoms with van der Waals surface area (Å²) in [6.07, 6.45) is 3.77. The lowest BCUT2D eigenvalue weighted by Crippen LogP contribution is -2.62. The molecular formula is C28H51BrO4Si2. The molecule has 0 spiro atoms. The van der Waals surface area contributed by atoms with E-state index < -0.39 is 27.1 Å². The smallest absolute Gasteiger partial charge is 0.258 e. The van der Waals surface area contributed by atoms with Crippen LogP contribution in [0.4, 0.5) is 0 Å². The number of rotatable bonds is 10. The number of fused-ring (bicyclic) bond motifs is 1. The normalized spacial score (nSPS) is 31.3. The van der Waals surface area contributed by atoms with Crippen molar-refractivity contribution in [3.05, 3.63) is 23.5 Å². The summed E-state index contributed by atoms with van der Waals surface area (Å²) >= 11 is 4.03. The summed E-state index contributed by atoms with van der Waals surface area (Å²) in [4.78, 5) is 0. The summed E-state index contributed by atoms with van der Waals surface area (Å²) in [5.74, 6) is 0.888. The predicted molar refractivity (Wildman–Crippen MR) is 155 cm³/mol. The van der Waals surface area contributed by atoms with Gasteiger partial charge in [0.15, 0.2) is 0 Å². The lowest BCUT2D eigenvalue weighted by Gasteiger charge is -2.53. The van der Waals surface area contributed by atoms with Crippen molar-refractivity contribution in [2.24, 2.45) is 0 Å². The van der Waals surface area contributed by atoms with Gasteiger partial charge in [-0.3, -0.25) is 0 Å². The van der Waals surface area contributed by atoms with Crippen molar-refractivity contribution in [3.63, 3.8) is 0 Å². The minimum Gasteiger partial charge on any atom is -0.545 e. The number of aliphatic hydroxyl groups excluding tert-OH is 1. The van der Waals surface area contributed by atoms with Gasteiger partial charge in [-0.25, -0.2) is 0 Å². The zero-order valence-electron chi connectivity index (χ0n) is 24.2. The molecule has 202 valence electrons. The molecule has 1 saturated carbocycles. The van der Waals surface area contributed by atoms with Gasteiger partial charge in [-0.2, -0.15) is 0 Å². The second-order valence-electron chi connectivity index (χ2n) is 13.0. The van der Waals surface area contributed by atoms with Crippen LogP contribution in [0.5, 0.6) is 0 Å². The largest absolute Gasteiger partial charge is 0.545 e. The zero-order valence-corrected chi connectivity index (χ0v) is 27.8. The molecule has 0 saturated heterocycles. The monoisotopic (exact) mass is 586 g/mol. The van der Waals surface area contributed by atoms with Gasteiger partial charge in [0.05, 0.1) is 18.3 Å². The van der Waals surface area contributed by atoms with Crippen LogP contribution in [0, 0.1) is 0 Å². The number of alkyl halides is 1. The van der Waals surface area contributed by atoms with E-state index in [1.54, 1.807) is 0 Å². The Hall–Kier alpha value is 0.0738. The van der Waals surface area contributed by atoms with E-state index >= 15 is 0 Å². The number of aliphatic hydroxyl groups is 1. The van der Waals surface area contributed by atoms with Gasteiger partial charge >= 0.3 is 0 Å². The maximum Gasteiger partial charge on any atom is 0.258 e. The fraction of sp³-hybridized carbons (Fsp3) is 0.857. The summed E-state index contributed by atoms with van der Waals surface area (Å²) in [7, 11) is -4.31. The SMILES string of the molecule is CC(C)[Si](OC1=C[C@@H]2C=C3[C@@H](O[Si](C(C)C)(C(C)C)C(C)C)C[C@H](O)[C@@]1(Br)[C@@H]3O2)(C(C)C)C(C)C. The second kappa shape index (κ2) is 10.3. The molecule has 1 N–H and O–H groups in total. The predicted octanol–water partition coefficient (Wildman–Crippen LogP) is 8.23. The third-order valence-corrected chi connectivity index (χ3v) is 22.8. The molecule has 35 heavy (non-hydrogen) atoms. The first-order valence-electron chi connectivity index (χ1n) is 13.9. The standard InChI is InChI=1S/C28H51BrO4Si2/c1-16(2)34(17(3)4,18(5)6)32-24-15-25(30)28(29)26(14-22-13-23(24)27(28)31-22)33-35(19(7)8,20(9)10)21(11)12/h13-14,16-22,24-25,27,30H,15H2,1-12H3/t22-,24-,25-,27+,28-/m0/s1. The Morgan fingerprint density at radius 3 is 1.71 bits per heavy atom. The summed E-state index contributed by atoms with van der Waals surface area (Å²) in [5, 5.41) is 11.7. The second-order valence-corrected chi connectivity index (χ2v) is 25.1. The lowest BCUT2D eigenvalue weighted by atomic mass is 9.78. The average molecular weight is 588 g/mol.